The summed E-state index contributed by atoms with van der Waals surface area (Å²) in [5, 5.41) is 4.74. The van der Waals surface area contributed by atoms with Gasteiger partial charge in [-0.2, -0.15) is 22.0 Å². The zero-order chi connectivity index (χ0) is 17.0. The minimum atomic E-state index is -4.37. The number of nitrogens with zero attached hydrogens (tertiary/aromatic N) is 1. The molecule has 10 heteroatoms. The van der Waals surface area contributed by atoms with Crippen LogP contribution >= 0.6 is 0 Å². The van der Waals surface area contributed by atoms with E-state index in [9.17, 15) is 26.7 Å². The topological polar surface area (TPSA) is 63.2 Å². The molecule has 1 aromatic rings. The summed E-state index contributed by atoms with van der Waals surface area (Å²) in [5.74, 6) is -0.295. The van der Waals surface area contributed by atoms with Crippen molar-refractivity contribution in [3.05, 3.63) is 35.5 Å². The minimum absolute atomic E-state index is 0.0173. The second-order valence-corrected chi connectivity index (χ2v) is 4.71. The third kappa shape index (κ3) is 5.08. The first-order valence-electron chi connectivity index (χ1n) is 6.46. The lowest BCUT2D eigenvalue weighted by molar-refractivity contribution is -0.0980. The van der Waals surface area contributed by atoms with Crippen molar-refractivity contribution in [3.8, 4) is 5.88 Å². The number of nitrogens with one attached hydrogen (secondary N) is 2. The molecule has 2 amide bonds. The fourth-order valence-electron chi connectivity index (χ4n) is 1.87. The van der Waals surface area contributed by atoms with Crippen molar-refractivity contribution in [2.75, 3.05) is 0 Å². The van der Waals surface area contributed by atoms with Crippen LogP contribution in [0, 0.1) is 0 Å². The SMILES string of the molecule is O=C(NCc1ccnc(OC(F)F)c1)NC1C=C(C(F)(F)F)C1. The summed E-state index contributed by atoms with van der Waals surface area (Å²) in [6, 6.07) is 1.35. The summed E-state index contributed by atoms with van der Waals surface area (Å²) < 4.78 is 64.9. The standard InChI is InChI=1S/C13H12F5N3O2/c14-11(15)23-10-3-7(1-2-19-10)6-20-12(22)21-9-4-8(5-9)13(16,17)18/h1-4,9,11H,5-6H2,(H2,20,21,22). The first-order valence-corrected chi connectivity index (χ1v) is 6.46. The molecule has 0 fully saturated rings. The van der Waals surface area contributed by atoms with Crippen LogP contribution in [0.3, 0.4) is 0 Å². The largest absolute Gasteiger partial charge is 0.417 e. The van der Waals surface area contributed by atoms with Crippen molar-refractivity contribution in [2.24, 2.45) is 0 Å². The Morgan fingerprint density at radius 1 is 1.43 bits per heavy atom. The number of ether oxygens (including phenoxy) is 1. The summed E-state index contributed by atoms with van der Waals surface area (Å²) in [6.07, 6.45) is -2.48. The number of urea groups is 1. The fraction of sp³-hybridized carbons (Fsp3) is 0.385. The first kappa shape index (κ1) is 17.0. The van der Waals surface area contributed by atoms with E-state index in [4.69, 9.17) is 0 Å². The Kier molecular flexibility index (Phi) is 5.02. The molecule has 0 aliphatic heterocycles. The van der Waals surface area contributed by atoms with Gasteiger partial charge in [0.2, 0.25) is 5.88 Å². The first-order chi connectivity index (χ1) is 10.7. The van der Waals surface area contributed by atoms with Crippen LogP contribution in [-0.4, -0.2) is 29.8 Å². The molecule has 0 saturated carbocycles. The van der Waals surface area contributed by atoms with Crippen molar-refractivity contribution < 1.29 is 31.5 Å². The van der Waals surface area contributed by atoms with Gasteiger partial charge in [-0.15, -0.1) is 0 Å². The molecule has 1 heterocycles. The predicted molar refractivity (Wildman–Crippen MR) is 68.8 cm³/mol. The number of amides is 2. The molecule has 0 spiro atoms. The Balaban J connectivity index is 1.78. The van der Waals surface area contributed by atoms with E-state index in [1.807, 2.05) is 0 Å². The molecule has 23 heavy (non-hydrogen) atoms. The van der Waals surface area contributed by atoms with Crippen LogP contribution in [0.25, 0.3) is 0 Å². The normalized spacial score (nSPS) is 17.3. The third-order valence-electron chi connectivity index (χ3n) is 2.98. The van der Waals surface area contributed by atoms with Crippen molar-refractivity contribution >= 4 is 6.03 Å². The van der Waals surface area contributed by atoms with Gasteiger partial charge in [0.15, 0.2) is 0 Å². The summed E-state index contributed by atoms with van der Waals surface area (Å²) in [6.45, 7) is -3.03. The molecule has 0 bridgehead atoms. The van der Waals surface area contributed by atoms with Crippen LogP contribution in [0.5, 0.6) is 5.88 Å². The van der Waals surface area contributed by atoms with Crippen LogP contribution in [0.15, 0.2) is 30.0 Å². The highest BCUT2D eigenvalue weighted by molar-refractivity contribution is 5.74. The van der Waals surface area contributed by atoms with Gasteiger partial charge in [0.1, 0.15) is 0 Å². The lowest BCUT2D eigenvalue weighted by Gasteiger charge is -2.27. The molecule has 1 aliphatic rings. The summed E-state index contributed by atoms with van der Waals surface area (Å²) in [5.41, 5.74) is -0.225. The molecule has 0 saturated heterocycles. The number of aromatic nitrogens is 1. The second kappa shape index (κ2) is 6.80. The van der Waals surface area contributed by atoms with Crippen molar-refractivity contribution in [1.82, 2.24) is 15.6 Å². The second-order valence-electron chi connectivity index (χ2n) is 4.71. The van der Waals surface area contributed by atoms with Crippen molar-refractivity contribution in [1.29, 1.82) is 0 Å². The van der Waals surface area contributed by atoms with E-state index in [-0.39, 0.29) is 18.8 Å². The maximum Gasteiger partial charge on any atom is 0.412 e. The zero-order valence-electron chi connectivity index (χ0n) is 11.5. The van der Waals surface area contributed by atoms with Gasteiger partial charge >= 0.3 is 18.8 Å². The maximum atomic E-state index is 12.2. The number of rotatable bonds is 5. The van der Waals surface area contributed by atoms with Crippen LogP contribution in [0.2, 0.25) is 0 Å². The Bertz CT molecular complexity index is 604. The van der Waals surface area contributed by atoms with Gasteiger partial charge < -0.3 is 15.4 Å². The van der Waals surface area contributed by atoms with Crippen LogP contribution < -0.4 is 15.4 Å². The molecule has 1 unspecified atom stereocenters. The predicted octanol–water partition coefficient (Wildman–Crippen LogP) is 2.74. The summed E-state index contributed by atoms with van der Waals surface area (Å²) in [4.78, 5) is 15.1. The maximum absolute atomic E-state index is 12.2. The van der Waals surface area contributed by atoms with Crippen LogP contribution in [0.4, 0.5) is 26.7 Å². The highest BCUT2D eigenvalue weighted by Gasteiger charge is 2.40. The monoisotopic (exact) mass is 337 g/mol. The quantitative estimate of drug-likeness (QED) is 0.641. The highest BCUT2D eigenvalue weighted by atomic mass is 19.4. The number of hydrogen-bond acceptors (Lipinski definition) is 3. The number of halogens is 5. The molecule has 1 aliphatic carbocycles. The molecule has 5 nitrogen and oxygen atoms in total. The van der Waals surface area contributed by atoms with Gasteiger partial charge in [-0.3, -0.25) is 0 Å². The number of carbonyl (C=O) groups is 1. The van der Waals surface area contributed by atoms with E-state index < -0.39 is 30.4 Å². The fourth-order valence-corrected chi connectivity index (χ4v) is 1.87. The van der Waals surface area contributed by atoms with Gasteiger partial charge in [0.25, 0.3) is 0 Å². The Morgan fingerprint density at radius 3 is 2.74 bits per heavy atom. The molecule has 1 aromatic heterocycles. The zero-order valence-corrected chi connectivity index (χ0v) is 11.5. The van der Waals surface area contributed by atoms with Gasteiger partial charge in [0, 0.05) is 30.8 Å². The summed E-state index contributed by atoms with van der Waals surface area (Å²) >= 11 is 0. The van der Waals surface area contributed by atoms with E-state index in [0.29, 0.717) is 5.56 Å². The number of pyridine rings is 1. The molecular formula is C13H12F5N3O2. The average Bonchev–Trinajstić information content (AvgIpc) is 2.38. The van der Waals surface area contributed by atoms with E-state index in [1.54, 1.807) is 0 Å². The Hall–Kier alpha value is -2.39. The number of alkyl halides is 5. The summed E-state index contributed by atoms with van der Waals surface area (Å²) in [7, 11) is 0. The molecule has 2 N–H and O–H groups in total. The van der Waals surface area contributed by atoms with Crippen LogP contribution in [-0.2, 0) is 6.54 Å². The van der Waals surface area contributed by atoms with E-state index in [1.165, 1.54) is 18.3 Å². The molecule has 0 aromatic carbocycles. The smallest absolute Gasteiger partial charge is 0.412 e. The van der Waals surface area contributed by atoms with Gasteiger partial charge in [-0.25, -0.2) is 9.78 Å². The lowest BCUT2D eigenvalue weighted by Crippen LogP contribution is -2.45. The van der Waals surface area contributed by atoms with E-state index >= 15 is 0 Å². The minimum Gasteiger partial charge on any atom is -0.417 e. The van der Waals surface area contributed by atoms with Gasteiger partial charge in [-0.05, 0) is 11.6 Å². The van der Waals surface area contributed by atoms with E-state index in [0.717, 1.165) is 6.08 Å². The highest BCUT2D eigenvalue weighted by Crippen LogP contribution is 2.35. The molecular weight excluding hydrogens is 325 g/mol. The Morgan fingerprint density at radius 2 is 2.13 bits per heavy atom. The molecule has 2 rings (SSSR count). The Labute approximate surface area is 127 Å². The third-order valence-corrected chi connectivity index (χ3v) is 2.98. The van der Waals surface area contributed by atoms with Gasteiger partial charge in [-0.1, -0.05) is 6.08 Å². The van der Waals surface area contributed by atoms with Gasteiger partial charge in [0.05, 0.1) is 6.04 Å². The van der Waals surface area contributed by atoms with Crippen LogP contribution in [0.1, 0.15) is 12.0 Å². The molecule has 0 radical (unpaired) electrons. The lowest BCUT2D eigenvalue weighted by atomic mass is 9.93. The van der Waals surface area contributed by atoms with Crippen molar-refractivity contribution in [2.45, 2.75) is 31.8 Å². The number of carbonyl (C=O) groups excluding carboxylic acids is 1. The van der Waals surface area contributed by atoms with Crippen molar-refractivity contribution in [3.63, 3.8) is 0 Å². The van der Waals surface area contributed by atoms with E-state index in [2.05, 4.69) is 20.4 Å². The molecule has 1 atom stereocenters. The molecule has 126 valence electrons. The number of hydrogen-bond donors (Lipinski definition) is 2. The average molecular weight is 337 g/mol.